The van der Waals surface area contributed by atoms with E-state index in [1.54, 1.807) is 0 Å². The number of rotatable bonds is 6. The maximum Gasteiger partial charge on any atom is 0.0856 e. The molecule has 1 aromatic heterocycles. The topological polar surface area (TPSA) is 30.7 Å². The van der Waals surface area contributed by atoms with E-state index >= 15 is 0 Å². The highest BCUT2D eigenvalue weighted by atomic mass is 15.4. The predicted molar refractivity (Wildman–Crippen MR) is 58.3 cm³/mol. The van der Waals surface area contributed by atoms with E-state index in [1.807, 2.05) is 0 Å². The maximum atomic E-state index is 4.22. The second-order valence-electron chi connectivity index (χ2n) is 3.66. The molecule has 3 nitrogen and oxygen atoms in total. The van der Waals surface area contributed by atoms with Gasteiger partial charge in [0.15, 0.2) is 0 Å². The lowest BCUT2D eigenvalue weighted by Gasteiger charge is -2.05. The second kappa shape index (κ2) is 5.78. The van der Waals surface area contributed by atoms with E-state index in [1.165, 1.54) is 30.7 Å². The van der Waals surface area contributed by atoms with E-state index < -0.39 is 0 Å². The minimum absolute atomic E-state index is 1.00. The van der Waals surface area contributed by atoms with Crippen molar-refractivity contribution in [2.45, 2.75) is 59.4 Å². The zero-order valence-electron chi connectivity index (χ0n) is 9.58. The lowest BCUT2D eigenvalue weighted by atomic mass is 10.2. The van der Waals surface area contributed by atoms with Gasteiger partial charge in [-0.3, -0.25) is 0 Å². The lowest BCUT2D eigenvalue weighted by molar-refractivity contribution is 0.530. The number of hydrogen-bond acceptors (Lipinski definition) is 2. The molecular weight excluding hydrogens is 174 g/mol. The van der Waals surface area contributed by atoms with Crippen molar-refractivity contribution in [3.05, 3.63) is 11.4 Å². The fourth-order valence-electron chi connectivity index (χ4n) is 1.64. The molecule has 1 heterocycles. The van der Waals surface area contributed by atoms with Gasteiger partial charge in [0, 0.05) is 6.54 Å². The van der Waals surface area contributed by atoms with Gasteiger partial charge >= 0.3 is 0 Å². The molecule has 0 unspecified atom stereocenters. The molecule has 0 atom stereocenters. The van der Waals surface area contributed by atoms with Crippen molar-refractivity contribution in [2.24, 2.45) is 0 Å². The third kappa shape index (κ3) is 2.56. The summed E-state index contributed by atoms with van der Waals surface area (Å²) in [5.41, 5.74) is 2.53. The lowest BCUT2D eigenvalue weighted by Crippen LogP contribution is -2.06. The van der Waals surface area contributed by atoms with E-state index in [-0.39, 0.29) is 0 Å². The van der Waals surface area contributed by atoms with Crippen molar-refractivity contribution in [3.63, 3.8) is 0 Å². The third-order valence-corrected chi connectivity index (χ3v) is 2.46. The number of aromatic nitrogens is 3. The summed E-state index contributed by atoms with van der Waals surface area (Å²) < 4.78 is 2.09. The van der Waals surface area contributed by atoms with Crippen molar-refractivity contribution in [1.29, 1.82) is 0 Å². The van der Waals surface area contributed by atoms with Crippen LogP contribution in [0.4, 0.5) is 0 Å². The molecule has 0 saturated heterocycles. The summed E-state index contributed by atoms with van der Waals surface area (Å²) in [7, 11) is 0. The molecule has 14 heavy (non-hydrogen) atoms. The van der Waals surface area contributed by atoms with Crippen LogP contribution in [0.25, 0.3) is 0 Å². The average molecular weight is 195 g/mol. The van der Waals surface area contributed by atoms with Crippen LogP contribution in [0.15, 0.2) is 0 Å². The molecule has 0 aromatic carbocycles. The fourth-order valence-corrected chi connectivity index (χ4v) is 1.64. The average Bonchev–Trinajstić information content (AvgIpc) is 2.58. The van der Waals surface area contributed by atoms with Gasteiger partial charge in [-0.2, -0.15) is 0 Å². The molecule has 0 saturated carbocycles. The van der Waals surface area contributed by atoms with Crippen LogP contribution in [0.1, 0.15) is 51.4 Å². The summed E-state index contributed by atoms with van der Waals surface area (Å²) in [6, 6.07) is 0. The Morgan fingerprint density at radius 1 is 1.14 bits per heavy atom. The van der Waals surface area contributed by atoms with Crippen molar-refractivity contribution in [2.75, 3.05) is 0 Å². The minimum atomic E-state index is 1.00. The number of unbranched alkanes of at least 4 members (excludes halogenated alkanes) is 1. The van der Waals surface area contributed by atoms with E-state index in [0.717, 1.165) is 19.4 Å². The van der Waals surface area contributed by atoms with Crippen LogP contribution in [0.2, 0.25) is 0 Å². The molecule has 0 bridgehead atoms. The highest BCUT2D eigenvalue weighted by molar-refractivity contribution is 5.10. The van der Waals surface area contributed by atoms with Crippen molar-refractivity contribution in [1.82, 2.24) is 15.0 Å². The largest absolute Gasteiger partial charge is 0.249 e. The van der Waals surface area contributed by atoms with Crippen LogP contribution in [-0.2, 0) is 19.4 Å². The van der Waals surface area contributed by atoms with Crippen LogP contribution in [-0.4, -0.2) is 15.0 Å². The summed E-state index contributed by atoms with van der Waals surface area (Å²) in [5.74, 6) is 0. The molecule has 0 amide bonds. The Labute approximate surface area is 86.5 Å². The van der Waals surface area contributed by atoms with Gasteiger partial charge in [-0.05, 0) is 19.3 Å². The van der Waals surface area contributed by atoms with E-state index in [9.17, 15) is 0 Å². The van der Waals surface area contributed by atoms with Gasteiger partial charge in [0.25, 0.3) is 0 Å². The van der Waals surface area contributed by atoms with Crippen molar-refractivity contribution in [3.8, 4) is 0 Å². The van der Waals surface area contributed by atoms with E-state index in [0.29, 0.717) is 0 Å². The molecule has 1 rings (SSSR count). The highest BCUT2D eigenvalue weighted by Gasteiger charge is 2.09. The smallest absolute Gasteiger partial charge is 0.0856 e. The Hall–Kier alpha value is -0.860. The minimum Gasteiger partial charge on any atom is -0.249 e. The Balaban J connectivity index is 2.75. The third-order valence-electron chi connectivity index (χ3n) is 2.46. The van der Waals surface area contributed by atoms with Crippen LogP contribution >= 0.6 is 0 Å². The predicted octanol–water partition coefficient (Wildman–Crippen LogP) is 2.59. The summed E-state index contributed by atoms with van der Waals surface area (Å²) in [6.45, 7) is 7.58. The van der Waals surface area contributed by atoms with Gasteiger partial charge < -0.3 is 0 Å². The summed E-state index contributed by atoms with van der Waals surface area (Å²) in [6.07, 6.45) is 5.70. The van der Waals surface area contributed by atoms with Crippen LogP contribution in [0.5, 0.6) is 0 Å². The summed E-state index contributed by atoms with van der Waals surface area (Å²) in [5, 5.41) is 8.43. The Kier molecular flexibility index (Phi) is 4.63. The van der Waals surface area contributed by atoms with Gasteiger partial charge in [-0.1, -0.05) is 38.8 Å². The molecule has 0 radical (unpaired) electrons. The maximum absolute atomic E-state index is 4.22. The monoisotopic (exact) mass is 195 g/mol. The molecule has 0 aliphatic carbocycles. The molecule has 0 aliphatic rings. The highest BCUT2D eigenvalue weighted by Crippen LogP contribution is 2.10. The molecule has 0 aliphatic heterocycles. The molecule has 80 valence electrons. The van der Waals surface area contributed by atoms with Crippen LogP contribution in [0.3, 0.4) is 0 Å². The molecule has 0 fully saturated rings. The Morgan fingerprint density at radius 3 is 2.50 bits per heavy atom. The SMILES string of the molecule is CCCCn1nnc(CC)c1CCC. The number of aryl methyl sites for hydroxylation is 2. The summed E-state index contributed by atoms with van der Waals surface area (Å²) in [4.78, 5) is 0. The Bertz CT molecular complexity index is 265. The Morgan fingerprint density at radius 2 is 1.93 bits per heavy atom. The van der Waals surface area contributed by atoms with Gasteiger partial charge in [-0.25, -0.2) is 4.68 Å². The van der Waals surface area contributed by atoms with Gasteiger partial charge in [-0.15, -0.1) is 5.10 Å². The quantitative estimate of drug-likeness (QED) is 0.698. The van der Waals surface area contributed by atoms with Gasteiger partial charge in [0.05, 0.1) is 11.4 Å². The van der Waals surface area contributed by atoms with Crippen molar-refractivity contribution < 1.29 is 0 Å². The molecule has 1 aromatic rings. The first-order valence-corrected chi connectivity index (χ1v) is 5.74. The van der Waals surface area contributed by atoms with Crippen LogP contribution < -0.4 is 0 Å². The molecular formula is C11H21N3. The van der Waals surface area contributed by atoms with E-state index in [2.05, 4.69) is 35.8 Å². The number of nitrogens with zero attached hydrogens (tertiary/aromatic N) is 3. The first-order valence-electron chi connectivity index (χ1n) is 5.74. The molecule has 0 N–H and O–H groups in total. The number of hydrogen-bond donors (Lipinski definition) is 0. The van der Waals surface area contributed by atoms with E-state index in [4.69, 9.17) is 0 Å². The van der Waals surface area contributed by atoms with Gasteiger partial charge in [0.2, 0.25) is 0 Å². The fraction of sp³-hybridized carbons (Fsp3) is 0.818. The zero-order chi connectivity index (χ0) is 10.4. The first kappa shape index (κ1) is 11.2. The van der Waals surface area contributed by atoms with Crippen LogP contribution in [0, 0.1) is 0 Å². The standard InChI is InChI=1S/C11H21N3/c1-4-7-9-14-11(8-5-2)10(6-3)12-13-14/h4-9H2,1-3H3. The first-order chi connectivity index (χ1) is 6.83. The summed E-state index contributed by atoms with van der Waals surface area (Å²) >= 11 is 0. The van der Waals surface area contributed by atoms with Gasteiger partial charge in [0.1, 0.15) is 0 Å². The normalized spacial score (nSPS) is 10.8. The van der Waals surface area contributed by atoms with Crippen molar-refractivity contribution >= 4 is 0 Å². The molecule has 3 heteroatoms. The zero-order valence-corrected chi connectivity index (χ0v) is 9.58. The second-order valence-corrected chi connectivity index (χ2v) is 3.66. The molecule has 0 spiro atoms.